The van der Waals surface area contributed by atoms with Crippen molar-refractivity contribution in [1.82, 2.24) is 0 Å². The molecular formula is C18H23NO4. The van der Waals surface area contributed by atoms with E-state index < -0.39 is 28.8 Å². The summed E-state index contributed by atoms with van der Waals surface area (Å²) in [7, 11) is 2.60. The SMILES string of the molecule is [C-]#[N+]C(C)(C)C(C)(CC(C(=O)OC)c1ccccc1)C(=O)OC. The average molecular weight is 317 g/mol. The van der Waals surface area contributed by atoms with Crippen molar-refractivity contribution in [3.8, 4) is 0 Å². The largest absolute Gasteiger partial charge is 0.469 e. The van der Waals surface area contributed by atoms with Crippen LogP contribution in [0, 0.1) is 12.0 Å². The molecule has 1 aromatic rings. The maximum Gasteiger partial charge on any atom is 0.319 e. The zero-order chi connectivity index (χ0) is 17.7. The van der Waals surface area contributed by atoms with Crippen molar-refractivity contribution in [2.24, 2.45) is 5.41 Å². The molecule has 0 heterocycles. The molecule has 2 unspecified atom stereocenters. The Labute approximate surface area is 137 Å². The Morgan fingerprint density at radius 2 is 1.70 bits per heavy atom. The lowest BCUT2D eigenvalue weighted by Crippen LogP contribution is -2.47. The van der Waals surface area contributed by atoms with Gasteiger partial charge in [-0.15, -0.1) is 0 Å². The molecule has 0 aliphatic carbocycles. The molecule has 5 heteroatoms. The van der Waals surface area contributed by atoms with Crippen LogP contribution in [-0.4, -0.2) is 31.7 Å². The van der Waals surface area contributed by atoms with E-state index in [0.717, 1.165) is 5.56 Å². The Morgan fingerprint density at radius 3 is 2.13 bits per heavy atom. The zero-order valence-electron chi connectivity index (χ0n) is 14.3. The summed E-state index contributed by atoms with van der Waals surface area (Å²) in [5.41, 5.74) is -1.44. The fraction of sp³-hybridized carbons (Fsp3) is 0.500. The smallest absolute Gasteiger partial charge is 0.319 e. The van der Waals surface area contributed by atoms with E-state index in [1.54, 1.807) is 20.8 Å². The number of methoxy groups -OCH3 is 2. The van der Waals surface area contributed by atoms with E-state index >= 15 is 0 Å². The number of ether oxygens (including phenoxy) is 2. The summed E-state index contributed by atoms with van der Waals surface area (Å²) >= 11 is 0. The van der Waals surface area contributed by atoms with Crippen LogP contribution in [0.25, 0.3) is 4.85 Å². The molecular weight excluding hydrogens is 294 g/mol. The van der Waals surface area contributed by atoms with Gasteiger partial charge >= 0.3 is 11.9 Å². The molecule has 0 saturated heterocycles. The van der Waals surface area contributed by atoms with Crippen LogP contribution >= 0.6 is 0 Å². The third kappa shape index (κ3) is 3.70. The number of esters is 2. The quantitative estimate of drug-likeness (QED) is 0.597. The van der Waals surface area contributed by atoms with Gasteiger partial charge in [0.25, 0.3) is 0 Å². The summed E-state index contributed by atoms with van der Waals surface area (Å²) < 4.78 is 9.82. The van der Waals surface area contributed by atoms with Crippen molar-refractivity contribution in [3.05, 3.63) is 47.3 Å². The van der Waals surface area contributed by atoms with Gasteiger partial charge in [0.15, 0.2) is 0 Å². The summed E-state index contributed by atoms with van der Waals surface area (Å²) in [5.74, 6) is -1.60. The second-order valence-electron chi connectivity index (χ2n) is 6.19. The van der Waals surface area contributed by atoms with Gasteiger partial charge in [-0.1, -0.05) is 30.3 Å². The van der Waals surface area contributed by atoms with Gasteiger partial charge in [-0.3, -0.25) is 9.59 Å². The van der Waals surface area contributed by atoms with Crippen LogP contribution in [0.3, 0.4) is 0 Å². The highest BCUT2D eigenvalue weighted by Gasteiger charge is 2.56. The molecule has 0 fully saturated rings. The normalized spacial score (nSPS) is 15.0. The number of rotatable bonds is 6. The zero-order valence-corrected chi connectivity index (χ0v) is 14.3. The first-order valence-corrected chi connectivity index (χ1v) is 7.33. The van der Waals surface area contributed by atoms with E-state index in [9.17, 15) is 9.59 Å². The number of hydrogen-bond donors (Lipinski definition) is 0. The monoisotopic (exact) mass is 317 g/mol. The van der Waals surface area contributed by atoms with E-state index in [0.29, 0.717) is 0 Å². The Bertz CT molecular complexity index is 603. The summed E-state index contributed by atoms with van der Waals surface area (Å²) in [6.07, 6.45) is 0.131. The molecule has 1 aromatic carbocycles. The topological polar surface area (TPSA) is 57.0 Å². The minimum atomic E-state index is -1.15. The summed E-state index contributed by atoms with van der Waals surface area (Å²) in [6, 6.07) is 9.11. The second kappa shape index (κ2) is 7.28. The van der Waals surface area contributed by atoms with E-state index in [-0.39, 0.29) is 6.42 Å². The summed E-state index contributed by atoms with van der Waals surface area (Å²) in [5, 5.41) is 0. The van der Waals surface area contributed by atoms with E-state index in [2.05, 4.69) is 4.85 Å². The predicted molar refractivity (Wildman–Crippen MR) is 86.6 cm³/mol. The van der Waals surface area contributed by atoms with Crippen molar-refractivity contribution < 1.29 is 19.1 Å². The Hall–Kier alpha value is -2.35. The minimum absolute atomic E-state index is 0.131. The molecule has 0 aromatic heterocycles. The number of nitrogens with zero attached hydrogens (tertiary/aromatic N) is 1. The lowest BCUT2D eigenvalue weighted by atomic mass is 9.67. The molecule has 124 valence electrons. The van der Waals surface area contributed by atoms with Gasteiger partial charge in [0.05, 0.1) is 20.1 Å². The standard InChI is InChI=1S/C18H23NO4/c1-17(2,19-4)18(3,16(21)23-6)12-14(15(20)22-5)13-10-8-7-9-11-13/h7-11,14H,12H2,1-3,5-6H3. The highest BCUT2D eigenvalue weighted by atomic mass is 16.5. The number of carbonyl (C=O) groups is 2. The first-order valence-electron chi connectivity index (χ1n) is 7.33. The molecule has 0 N–H and O–H groups in total. The average Bonchev–Trinajstić information content (AvgIpc) is 2.58. The van der Waals surface area contributed by atoms with Crippen molar-refractivity contribution >= 4 is 11.9 Å². The molecule has 2 atom stereocenters. The molecule has 5 nitrogen and oxygen atoms in total. The molecule has 0 bridgehead atoms. The molecule has 0 radical (unpaired) electrons. The first-order chi connectivity index (χ1) is 10.7. The maximum atomic E-state index is 12.4. The molecule has 0 aliphatic heterocycles. The molecule has 0 amide bonds. The first kappa shape index (κ1) is 18.7. The van der Waals surface area contributed by atoms with Crippen molar-refractivity contribution in [1.29, 1.82) is 0 Å². The number of hydrogen-bond acceptors (Lipinski definition) is 4. The van der Waals surface area contributed by atoms with Gasteiger partial charge in [0.2, 0.25) is 5.54 Å². The Balaban J connectivity index is 3.35. The lowest BCUT2D eigenvalue weighted by molar-refractivity contribution is -0.156. The molecule has 1 rings (SSSR count). The minimum Gasteiger partial charge on any atom is -0.469 e. The van der Waals surface area contributed by atoms with Crippen LogP contribution in [0.5, 0.6) is 0 Å². The number of carbonyl (C=O) groups excluding carboxylic acids is 2. The van der Waals surface area contributed by atoms with Crippen LogP contribution in [0.15, 0.2) is 30.3 Å². The highest BCUT2D eigenvalue weighted by Crippen LogP contribution is 2.44. The fourth-order valence-corrected chi connectivity index (χ4v) is 2.50. The molecule has 0 aliphatic rings. The molecule has 0 saturated carbocycles. The van der Waals surface area contributed by atoms with Gasteiger partial charge in [0.1, 0.15) is 5.41 Å². The van der Waals surface area contributed by atoms with Crippen LogP contribution < -0.4 is 0 Å². The Morgan fingerprint density at radius 1 is 1.13 bits per heavy atom. The van der Waals surface area contributed by atoms with Crippen LogP contribution in [0.4, 0.5) is 0 Å². The Kier molecular flexibility index (Phi) is 5.91. The summed E-state index contributed by atoms with van der Waals surface area (Å²) in [4.78, 5) is 28.3. The van der Waals surface area contributed by atoms with Gasteiger partial charge < -0.3 is 14.3 Å². The third-order valence-corrected chi connectivity index (χ3v) is 4.57. The van der Waals surface area contributed by atoms with Crippen molar-refractivity contribution in [3.63, 3.8) is 0 Å². The van der Waals surface area contributed by atoms with E-state index in [1.165, 1.54) is 14.2 Å². The lowest BCUT2D eigenvalue weighted by Gasteiger charge is -2.35. The highest BCUT2D eigenvalue weighted by molar-refractivity contribution is 5.82. The molecule has 23 heavy (non-hydrogen) atoms. The second-order valence-corrected chi connectivity index (χ2v) is 6.19. The van der Waals surface area contributed by atoms with E-state index in [1.807, 2.05) is 30.3 Å². The van der Waals surface area contributed by atoms with Crippen LogP contribution in [0.1, 0.15) is 38.7 Å². The molecule has 0 spiro atoms. The number of benzene rings is 1. The van der Waals surface area contributed by atoms with Crippen LogP contribution in [0.2, 0.25) is 0 Å². The maximum absolute atomic E-state index is 12.4. The van der Waals surface area contributed by atoms with Gasteiger partial charge in [-0.05, 0) is 18.9 Å². The van der Waals surface area contributed by atoms with Gasteiger partial charge in [-0.2, -0.15) is 0 Å². The van der Waals surface area contributed by atoms with Gasteiger partial charge in [-0.25, -0.2) is 6.57 Å². The summed E-state index contributed by atoms with van der Waals surface area (Å²) in [6.45, 7) is 12.4. The van der Waals surface area contributed by atoms with Gasteiger partial charge in [0, 0.05) is 13.8 Å². The van der Waals surface area contributed by atoms with E-state index in [4.69, 9.17) is 16.0 Å². The fourth-order valence-electron chi connectivity index (χ4n) is 2.50. The third-order valence-electron chi connectivity index (χ3n) is 4.57. The predicted octanol–water partition coefficient (Wildman–Crippen LogP) is 3.21. The van der Waals surface area contributed by atoms with Crippen LogP contribution in [-0.2, 0) is 19.1 Å². The van der Waals surface area contributed by atoms with Crippen molar-refractivity contribution in [2.45, 2.75) is 38.6 Å². The van der Waals surface area contributed by atoms with Crippen molar-refractivity contribution in [2.75, 3.05) is 14.2 Å².